The van der Waals surface area contributed by atoms with E-state index in [0.717, 1.165) is 17.1 Å². The molecule has 1 atom stereocenters. The highest BCUT2D eigenvalue weighted by atomic mass is 32.2. The van der Waals surface area contributed by atoms with Crippen molar-refractivity contribution in [3.63, 3.8) is 0 Å². The zero-order valence-corrected chi connectivity index (χ0v) is 8.79. The lowest BCUT2D eigenvalue weighted by Gasteiger charge is -2.32. The summed E-state index contributed by atoms with van der Waals surface area (Å²) < 4.78 is 0. The molecule has 1 fully saturated rings. The molecule has 1 rings (SSSR count). The lowest BCUT2D eigenvalue weighted by Crippen LogP contribution is -2.24. The summed E-state index contributed by atoms with van der Waals surface area (Å²) in [5.41, 5.74) is 0. The molecule has 1 heteroatoms. The normalized spacial score (nSPS) is 33.0. The average molecular weight is 172 g/mol. The molecule has 0 saturated heterocycles. The first-order valence-corrected chi connectivity index (χ1v) is 5.88. The topological polar surface area (TPSA) is 0 Å². The van der Waals surface area contributed by atoms with Gasteiger partial charge >= 0.3 is 0 Å². The van der Waals surface area contributed by atoms with Crippen LogP contribution in [0.5, 0.6) is 0 Å². The molecule has 1 unspecified atom stereocenters. The van der Waals surface area contributed by atoms with Crippen LogP contribution in [0.2, 0.25) is 0 Å². The molecule has 0 aliphatic heterocycles. The SMILES string of the molecule is CCC(C)CSC1CC(C)C1. The molecule has 1 aliphatic carbocycles. The van der Waals surface area contributed by atoms with E-state index in [1.165, 1.54) is 25.0 Å². The van der Waals surface area contributed by atoms with Crippen LogP contribution in [0.1, 0.15) is 40.0 Å². The van der Waals surface area contributed by atoms with Gasteiger partial charge in [-0.05, 0) is 30.4 Å². The fourth-order valence-corrected chi connectivity index (χ4v) is 3.15. The van der Waals surface area contributed by atoms with Gasteiger partial charge < -0.3 is 0 Å². The minimum atomic E-state index is 0.927. The molecule has 0 heterocycles. The Morgan fingerprint density at radius 2 is 2.09 bits per heavy atom. The molecule has 0 aromatic carbocycles. The van der Waals surface area contributed by atoms with Crippen LogP contribution >= 0.6 is 11.8 Å². The summed E-state index contributed by atoms with van der Waals surface area (Å²) >= 11 is 2.20. The van der Waals surface area contributed by atoms with E-state index in [1.807, 2.05) is 0 Å². The van der Waals surface area contributed by atoms with E-state index in [9.17, 15) is 0 Å². The van der Waals surface area contributed by atoms with Gasteiger partial charge in [0, 0.05) is 5.25 Å². The summed E-state index contributed by atoms with van der Waals surface area (Å²) in [6, 6.07) is 0. The predicted molar refractivity (Wildman–Crippen MR) is 54.1 cm³/mol. The van der Waals surface area contributed by atoms with E-state index in [0.29, 0.717) is 0 Å². The van der Waals surface area contributed by atoms with Crippen LogP contribution in [-0.4, -0.2) is 11.0 Å². The Balaban J connectivity index is 1.96. The first-order valence-electron chi connectivity index (χ1n) is 4.84. The molecule has 66 valence electrons. The molecule has 1 aliphatic rings. The van der Waals surface area contributed by atoms with Crippen molar-refractivity contribution in [2.24, 2.45) is 11.8 Å². The van der Waals surface area contributed by atoms with Crippen molar-refractivity contribution in [1.29, 1.82) is 0 Å². The Bertz CT molecular complexity index is 105. The lowest BCUT2D eigenvalue weighted by atomic mass is 9.87. The van der Waals surface area contributed by atoms with Crippen molar-refractivity contribution < 1.29 is 0 Å². The molecule has 0 nitrogen and oxygen atoms in total. The van der Waals surface area contributed by atoms with Crippen molar-refractivity contribution in [3.05, 3.63) is 0 Å². The van der Waals surface area contributed by atoms with Crippen molar-refractivity contribution >= 4 is 11.8 Å². The second kappa shape index (κ2) is 4.39. The van der Waals surface area contributed by atoms with E-state index in [-0.39, 0.29) is 0 Å². The van der Waals surface area contributed by atoms with E-state index >= 15 is 0 Å². The zero-order valence-electron chi connectivity index (χ0n) is 7.97. The fraction of sp³-hybridized carbons (Fsp3) is 1.00. The highest BCUT2D eigenvalue weighted by Crippen LogP contribution is 2.37. The maximum Gasteiger partial charge on any atom is 0.00522 e. The predicted octanol–water partition coefficient (Wildman–Crippen LogP) is 3.56. The third-order valence-corrected chi connectivity index (χ3v) is 4.26. The summed E-state index contributed by atoms with van der Waals surface area (Å²) in [4.78, 5) is 0. The number of hydrogen-bond donors (Lipinski definition) is 0. The quantitative estimate of drug-likeness (QED) is 0.625. The maximum atomic E-state index is 2.36. The molecule has 0 bridgehead atoms. The molecule has 0 aromatic heterocycles. The van der Waals surface area contributed by atoms with E-state index in [4.69, 9.17) is 0 Å². The minimum Gasteiger partial charge on any atom is -0.158 e. The summed E-state index contributed by atoms with van der Waals surface area (Å²) in [5, 5.41) is 1.01. The van der Waals surface area contributed by atoms with Gasteiger partial charge in [0.15, 0.2) is 0 Å². The Hall–Kier alpha value is 0.350. The van der Waals surface area contributed by atoms with Gasteiger partial charge in [0.05, 0.1) is 0 Å². The monoisotopic (exact) mass is 172 g/mol. The standard InChI is InChI=1S/C10H20S/c1-4-8(2)7-11-10-5-9(3)6-10/h8-10H,4-7H2,1-3H3. The van der Waals surface area contributed by atoms with Gasteiger partial charge in [0.2, 0.25) is 0 Å². The summed E-state index contributed by atoms with van der Waals surface area (Å²) in [6.07, 6.45) is 4.29. The van der Waals surface area contributed by atoms with Gasteiger partial charge in [-0.2, -0.15) is 11.8 Å². The summed E-state index contributed by atoms with van der Waals surface area (Å²) in [7, 11) is 0. The molecule has 0 aromatic rings. The molecule has 1 saturated carbocycles. The van der Waals surface area contributed by atoms with Crippen LogP contribution in [0.3, 0.4) is 0 Å². The van der Waals surface area contributed by atoms with Crippen molar-refractivity contribution in [1.82, 2.24) is 0 Å². The Morgan fingerprint density at radius 3 is 2.55 bits per heavy atom. The van der Waals surface area contributed by atoms with Crippen molar-refractivity contribution in [3.8, 4) is 0 Å². The van der Waals surface area contributed by atoms with Crippen LogP contribution in [-0.2, 0) is 0 Å². The Morgan fingerprint density at radius 1 is 1.45 bits per heavy atom. The molecule has 0 N–H and O–H groups in total. The second-order valence-electron chi connectivity index (χ2n) is 4.05. The first kappa shape index (κ1) is 9.44. The minimum absolute atomic E-state index is 0.927. The molecular weight excluding hydrogens is 152 g/mol. The van der Waals surface area contributed by atoms with Crippen molar-refractivity contribution in [2.45, 2.75) is 45.3 Å². The number of rotatable bonds is 4. The van der Waals surface area contributed by atoms with Crippen LogP contribution in [0, 0.1) is 11.8 Å². The number of hydrogen-bond acceptors (Lipinski definition) is 1. The average Bonchev–Trinajstić information content (AvgIpc) is 1.95. The highest BCUT2D eigenvalue weighted by molar-refractivity contribution is 7.99. The molecule has 0 amide bonds. The van der Waals surface area contributed by atoms with Gasteiger partial charge in [-0.1, -0.05) is 27.2 Å². The van der Waals surface area contributed by atoms with Gasteiger partial charge in [-0.15, -0.1) is 0 Å². The highest BCUT2D eigenvalue weighted by Gasteiger charge is 2.25. The molecule has 11 heavy (non-hydrogen) atoms. The van der Waals surface area contributed by atoms with Gasteiger partial charge in [0.1, 0.15) is 0 Å². The zero-order chi connectivity index (χ0) is 8.27. The van der Waals surface area contributed by atoms with Crippen LogP contribution in [0.4, 0.5) is 0 Å². The smallest absolute Gasteiger partial charge is 0.00522 e. The van der Waals surface area contributed by atoms with Gasteiger partial charge in [0.25, 0.3) is 0 Å². The van der Waals surface area contributed by atoms with E-state index in [2.05, 4.69) is 32.5 Å². The fourth-order valence-electron chi connectivity index (χ4n) is 1.38. The van der Waals surface area contributed by atoms with Crippen LogP contribution in [0.25, 0.3) is 0 Å². The third kappa shape index (κ3) is 3.06. The first-order chi connectivity index (χ1) is 5.22. The lowest BCUT2D eigenvalue weighted by molar-refractivity contribution is 0.360. The molecule has 0 radical (unpaired) electrons. The largest absolute Gasteiger partial charge is 0.158 e. The summed E-state index contributed by atoms with van der Waals surface area (Å²) in [5.74, 6) is 3.33. The summed E-state index contributed by atoms with van der Waals surface area (Å²) in [6.45, 7) is 7.00. The Labute approximate surface area is 75.1 Å². The number of thioether (sulfide) groups is 1. The molecule has 0 spiro atoms. The maximum absolute atomic E-state index is 2.36. The second-order valence-corrected chi connectivity index (χ2v) is 5.38. The molecular formula is C10H20S. The van der Waals surface area contributed by atoms with E-state index < -0.39 is 0 Å². The third-order valence-electron chi connectivity index (χ3n) is 2.64. The van der Waals surface area contributed by atoms with Gasteiger partial charge in [-0.3, -0.25) is 0 Å². The van der Waals surface area contributed by atoms with E-state index in [1.54, 1.807) is 0 Å². The van der Waals surface area contributed by atoms with Crippen LogP contribution in [0.15, 0.2) is 0 Å². The van der Waals surface area contributed by atoms with Crippen LogP contribution < -0.4 is 0 Å². The van der Waals surface area contributed by atoms with Crippen molar-refractivity contribution in [2.75, 3.05) is 5.75 Å². The Kier molecular flexibility index (Phi) is 3.77. The van der Waals surface area contributed by atoms with Gasteiger partial charge in [-0.25, -0.2) is 0 Å².